The molecule has 0 saturated heterocycles. The van der Waals surface area contributed by atoms with Gasteiger partial charge in [-0.3, -0.25) is 9.59 Å². The molecule has 0 heterocycles. The van der Waals surface area contributed by atoms with Crippen LogP contribution < -0.4 is 0 Å². The SMILES string of the molecule is CCCCCCCCC(O)(O)C(C)(CC(=O)O)C(=O)OC. The molecule has 0 aliphatic heterocycles. The Hall–Kier alpha value is -1.14. The number of unbranched alkanes of at least 4 members (excludes halogenated alkanes) is 5. The van der Waals surface area contributed by atoms with E-state index in [1.807, 2.05) is 0 Å². The van der Waals surface area contributed by atoms with E-state index in [2.05, 4.69) is 11.7 Å². The van der Waals surface area contributed by atoms with Crippen molar-refractivity contribution in [3.63, 3.8) is 0 Å². The first-order valence-corrected chi connectivity index (χ1v) is 7.46. The minimum Gasteiger partial charge on any atom is -0.481 e. The first-order valence-electron chi connectivity index (χ1n) is 7.46. The minimum absolute atomic E-state index is 0.0575. The highest BCUT2D eigenvalue weighted by atomic mass is 16.5. The number of carbonyl (C=O) groups excluding carboxylic acids is 1. The van der Waals surface area contributed by atoms with Crippen molar-refractivity contribution in [2.45, 2.75) is 71.0 Å². The highest BCUT2D eigenvalue weighted by molar-refractivity contribution is 5.83. The lowest BCUT2D eigenvalue weighted by molar-refractivity contribution is -0.249. The Bertz CT molecular complexity index is 339. The molecule has 21 heavy (non-hydrogen) atoms. The van der Waals surface area contributed by atoms with Crippen LogP contribution in [0, 0.1) is 5.41 Å². The van der Waals surface area contributed by atoms with E-state index in [1.54, 1.807) is 0 Å². The number of carboxylic acid groups (broad SMARTS) is 1. The molecule has 0 aromatic rings. The van der Waals surface area contributed by atoms with E-state index in [9.17, 15) is 19.8 Å². The van der Waals surface area contributed by atoms with Crippen molar-refractivity contribution in [3.05, 3.63) is 0 Å². The fourth-order valence-corrected chi connectivity index (χ4v) is 2.33. The molecule has 0 aromatic heterocycles. The van der Waals surface area contributed by atoms with Crippen LogP contribution in [0.15, 0.2) is 0 Å². The lowest BCUT2D eigenvalue weighted by atomic mass is 9.75. The second-order valence-electron chi connectivity index (χ2n) is 5.73. The molecule has 0 aliphatic carbocycles. The van der Waals surface area contributed by atoms with Crippen LogP contribution in [-0.2, 0) is 14.3 Å². The van der Waals surface area contributed by atoms with Crippen molar-refractivity contribution in [2.75, 3.05) is 7.11 Å². The molecule has 6 nitrogen and oxygen atoms in total. The van der Waals surface area contributed by atoms with Gasteiger partial charge in [0.05, 0.1) is 13.5 Å². The van der Waals surface area contributed by atoms with Gasteiger partial charge in [0, 0.05) is 6.42 Å². The predicted molar refractivity (Wildman–Crippen MR) is 77.5 cm³/mol. The molecule has 0 fully saturated rings. The summed E-state index contributed by atoms with van der Waals surface area (Å²) in [5.74, 6) is -4.61. The van der Waals surface area contributed by atoms with E-state index in [4.69, 9.17) is 5.11 Å². The number of esters is 1. The monoisotopic (exact) mass is 304 g/mol. The van der Waals surface area contributed by atoms with E-state index < -0.39 is 29.6 Å². The van der Waals surface area contributed by atoms with Crippen LogP contribution in [0.5, 0.6) is 0 Å². The van der Waals surface area contributed by atoms with Gasteiger partial charge in [0.1, 0.15) is 5.41 Å². The average Bonchev–Trinajstić information content (AvgIpc) is 2.40. The molecule has 0 bridgehead atoms. The number of hydrogen-bond donors (Lipinski definition) is 3. The van der Waals surface area contributed by atoms with E-state index in [-0.39, 0.29) is 6.42 Å². The number of carboxylic acids is 1. The first-order chi connectivity index (χ1) is 9.71. The van der Waals surface area contributed by atoms with E-state index in [0.29, 0.717) is 6.42 Å². The van der Waals surface area contributed by atoms with Crippen molar-refractivity contribution in [1.29, 1.82) is 0 Å². The van der Waals surface area contributed by atoms with Gasteiger partial charge in [-0.15, -0.1) is 0 Å². The quantitative estimate of drug-likeness (QED) is 0.307. The Kier molecular flexibility index (Phi) is 8.51. The van der Waals surface area contributed by atoms with Gasteiger partial charge in [-0.1, -0.05) is 39.0 Å². The minimum atomic E-state index is -2.40. The molecule has 0 saturated carbocycles. The molecular formula is C15H28O6. The number of methoxy groups -OCH3 is 1. The Labute approximate surface area is 126 Å². The number of rotatable bonds is 11. The zero-order valence-electron chi connectivity index (χ0n) is 13.2. The molecule has 0 aromatic carbocycles. The van der Waals surface area contributed by atoms with Gasteiger partial charge in [0.15, 0.2) is 5.79 Å². The fourth-order valence-electron chi connectivity index (χ4n) is 2.33. The van der Waals surface area contributed by atoms with Gasteiger partial charge in [-0.25, -0.2) is 0 Å². The highest BCUT2D eigenvalue weighted by Crippen LogP contribution is 2.38. The summed E-state index contributed by atoms with van der Waals surface area (Å²) >= 11 is 0. The molecule has 3 N–H and O–H groups in total. The molecule has 0 rings (SSSR count). The third-order valence-corrected chi connectivity index (χ3v) is 3.90. The van der Waals surface area contributed by atoms with Gasteiger partial charge < -0.3 is 20.1 Å². The second kappa shape index (κ2) is 9.00. The maximum absolute atomic E-state index is 11.8. The van der Waals surface area contributed by atoms with Crippen molar-refractivity contribution >= 4 is 11.9 Å². The zero-order valence-corrected chi connectivity index (χ0v) is 13.2. The molecule has 0 amide bonds. The number of aliphatic carboxylic acids is 1. The lowest BCUT2D eigenvalue weighted by Crippen LogP contribution is -2.53. The normalized spacial score (nSPS) is 14.5. The van der Waals surface area contributed by atoms with Crippen LogP contribution in [0.1, 0.15) is 65.2 Å². The summed E-state index contributed by atoms with van der Waals surface area (Å²) in [6.45, 7) is 3.32. The van der Waals surface area contributed by atoms with E-state index in [0.717, 1.165) is 39.2 Å². The van der Waals surface area contributed by atoms with Crippen molar-refractivity contribution in [1.82, 2.24) is 0 Å². The second-order valence-corrected chi connectivity index (χ2v) is 5.73. The highest BCUT2D eigenvalue weighted by Gasteiger charge is 2.53. The standard InChI is InChI=1S/C15H28O6/c1-4-5-6-7-8-9-10-15(19,20)14(2,11-12(16)17)13(18)21-3/h19-20H,4-11H2,1-3H3,(H,16,17). The van der Waals surface area contributed by atoms with Gasteiger partial charge in [0.2, 0.25) is 0 Å². The summed E-state index contributed by atoms with van der Waals surface area (Å²) in [6.07, 6.45) is 4.92. The molecular weight excluding hydrogens is 276 g/mol. The largest absolute Gasteiger partial charge is 0.481 e. The van der Waals surface area contributed by atoms with Gasteiger partial charge >= 0.3 is 11.9 Å². The van der Waals surface area contributed by atoms with Crippen LogP contribution >= 0.6 is 0 Å². The van der Waals surface area contributed by atoms with Crippen LogP contribution in [0.3, 0.4) is 0 Å². The summed E-state index contributed by atoms with van der Waals surface area (Å²) in [7, 11) is 1.10. The molecule has 6 heteroatoms. The van der Waals surface area contributed by atoms with Crippen molar-refractivity contribution in [3.8, 4) is 0 Å². The van der Waals surface area contributed by atoms with Crippen LogP contribution in [0.25, 0.3) is 0 Å². The van der Waals surface area contributed by atoms with Gasteiger partial charge in [0.25, 0.3) is 0 Å². The maximum Gasteiger partial charge on any atom is 0.317 e. The predicted octanol–water partition coefficient (Wildman–Crippen LogP) is 2.07. The first kappa shape index (κ1) is 19.9. The smallest absolute Gasteiger partial charge is 0.317 e. The number of carbonyl (C=O) groups is 2. The topological polar surface area (TPSA) is 104 Å². The summed E-state index contributed by atoms with van der Waals surface area (Å²) in [5.41, 5.74) is -1.88. The van der Waals surface area contributed by atoms with Gasteiger partial charge in [-0.2, -0.15) is 0 Å². The van der Waals surface area contributed by atoms with E-state index in [1.165, 1.54) is 6.92 Å². The molecule has 1 atom stereocenters. The van der Waals surface area contributed by atoms with Crippen molar-refractivity contribution in [2.24, 2.45) is 5.41 Å². The Morgan fingerprint density at radius 3 is 2.05 bits per heavy atom. The summed E-state index contributed by atoms with van der Waals surface area (Å²) in [4.78, 5) is 22.7. The summed E-state index contributed by atoms with van der Waals surface area (Å²) < 4.78 is 4.54. The Morgan fingerprint density at radius 1 is 1.05 bits per heavy atom. The summed E-state index contributed by atoms with van der Waals surface area (Å²) in [5, 5.41) is 29.3. The third-order valence-electron chi connectivity index (χ3n) is 3.90. The molecule has 1 unspecified atom stereocenters. The van der Waals surface area contributed by atoms with E-state index >= 15 is 0 Å². The van der Waals surface area contributed by atoms with Crippen LogP contribution in [0.2, 0.25) is 0 Å². The number of aliphatic hydroxyl groups is 2. The molecule has 124 valence electrons. The molecule has 0 radical (unpaired) electrons. The fraction of sp³-hybridized carbons (Fsp3) is 0.867. The Morgan fingerprint density at radius 2 is 1.57 bits per heavy atom. The number of ether oxygens (including phenoxy) is 1. The van der Waals surface area contributed by atoms with Crippen LogP contribution in [0.4, 0.5) is 0 Å². The number of hydrogen-bond acceptors (Lipinski definition) is 5. The van der Waals surface area contributed by atoms with Crippen molar-refractivity contribution < 1.29 is 29.6 Å². The average molecular weight is 304 g/mol. The molecule has 0 spiro atoms. The summed E-state index contributed by atoms with van der Waals surface area (Å²) in [6, 6.07) is 0. The maximum atomic E-state index is 11.8. The Balaban J connectivity index is 4.64. The zero-order chi connectivity index (χ0) is 16.5. The van der Waals surface area contributed by atoms with Crippen LogP contribution in [-0.4, -0.2) is 40.2 Å². The van der Waals surface area contributed by atoms with Gasteiger partial charge in [-0.05, 0) is 13.3 Å². The lowest BCUT2D eigenvalue weighted by Gasteiger charge is -2.37. The molecule has 0 aliphatic rings. The third kappa shape index (κ3) is 6.01.